The summed E-state index contributed by atoms with van der Waals surface area (Å²) in [6.07, 6.45) is 3.56. The van der Waals surface area contributed by atoms with E-state index in [9.17, 15) is 13.2 Å². The molecule has 7 nitrogen and oxygen atoms in total. The van der Waals surface area contributed by atoms with E-state index >= 15 is 0 Å². The van der Waals surface area contributed by atoms with Gasteiger partial charge < -0.3 is 9.88 Å². The minimum Gasteiger partial charge on any atom is -0.334 e. The number of benzene rings is 2. The molecule has 1 amide bonds. The zero-order valence-electron chi connectivity index (χ0n) is 16.7. The molecule has 0 aliphatic carbocycles. The molecule has 0 aliphatic heterocycles. The fourth-order valence-electron chi connectivity index (χ4n) is 3.09. The average molecular weight is 413 g/mol. The Kier molecular flexibility index (Phi) is 6.14. The van der Waals surface area contributed by atoms with Gasteiger partial charge in [-0.1, -0.05) is 32.0 Å². The van der Waals surface area contributed by atoms with Crippen LogP contribution in [-0.2, 0) is 17.1 Å². The predicted octanol–water partition coefficient (Wildman–Crippen LogP) is 3.37. The first-order chi connectivity index (χ1) is 13.9. The van der Waals surface area contributed by atoms with Gasteiger partial charge in [-0.3, -0.25) is 4.79 Å². The van der Waals surface area contributed by atoms with Gasteiger partial charge in [0.25, 0.3) is 5.91 Å². The molecule has 0 atom stereocenters. The molecule has 1 N–H and O–H groups in total. The quantitative estimate of drug-likeness (QED) is 0.645. The number of nitrogens with one attached hydrogen (secondary N) is 1. The summed E-state index contributed by atoms with van der Waals surface area (Å²) >= 11 is 0. The highest BCUT2D eigenvalue weighted by Gasteiger charge is 2.22. The first kappa shape index (κ1) is 20.8. The van der Waals surface area contributed by atoms with E-state index in [0.29, 0.717) is 18.8 Å². The normalized spacial score (nSPS) is 11.6. The molecule has 3 rings (SSSR count). The van der Waals surface area contributed by atoms with Crippen LogP contribution >= 0.6 is 0 Å². The van der Waals surface area contributed by atoms with Gasteiger partial charge in [-0.2, -0.15) is 4.31 Å². The Hall–Kier alpha value is -2.97. The van der Waals surface area contributed by atoms with E-state index in [-0.39, 0.29) is 16.4 Å². The van der Waals surface area contributed by atoms with Crippen molar-refractivity contribution in [3.05, 3.63) is 66.5 Å². The molecule has 0 bridgehead atoms. The molecule has 0 fully saturated rings. The molecule has 2 aromatic carbocycles. The highest BCUT2D eigenvalue weighted by Crippen LogP contribution is 2.22. The molecule has 1 heterocycles. The number of hydrogen-bond acceptors (Lipinski definition) is 4. The standard InChI is InChI=1S/C21H24N4O3S/c1-4-25(5-2)29(27,28)19-11-7-9-17(15-19)21(26)23-18-10-6-8-16(14-18)20-22-12-13-24(20)3/h6-15H,4-5H2,1-3H3,(H,23,26). The van der Waals surface area contributed by atoms with Crippen molar-refractivity contribution >= 4 is 21.6 Å². The van der Waals surface area contributed by atoms with E-state index < -0.39 is 10.0 Å². The van der Waals surface area contributed by atoms with Gasteiger partial charge in [0, 0.05) is 49.3 Å². The van der Waals surface area contributed by atoms with Crippen LogP contribution in [0, 0.1) is 0 Å². The second-order valence-electron chi connectivity index (χ2n) is 6.51. The van der Waals surface area contributed by atoms with Crippen LogP contribution in [0.25, 0.3) is 11.4 Å². The third-order valence-corrected chi connectivity index (χ3v) is 6.69. The molecule has 0 unspecified atom stereocenters. The van der Waals surface area contributed by atoms with Crippen LogP contribution in [0.5, 0.6) is 0 Å². The number of carbonyl (C=O) groups is 1. The monoisotopic (exact) mass is 412 g/mol. The summed E-state index contributed by atoms with van der Waals surface area (Å²) in [5.74, 6) is 0.409. The summed E-state index contributed by atoms with van der Waals surface area (Å²) in [5, 5.41) is 2.83. The summed E-state index contributed by atoms with van der Waals surface area (Å²) in [5.41, 5.74) is 1.75. The van der Waals surface area contributed by atoms with Crippen molar-refractivity contribution in [3.63, 3.8) is 0 Å². The summed E-state index contributed by atoms with van der Waals surface area (Å²) < 4.78 is 28.7. The van der Waals surface area contributed by atoms with Crippen LogP contribution in [0.3, 0.4) is 0 Å². The van der Waals surface area contributed by atoms with Gasteiger partial charge in [0.15, 0.2) is 0 Å². The topological polar surface area (TPSA) is 84.3 Å². The van der Waals surface area contributed by atoms with Gasteiger partial charge >= 0.3 is 0 Å². The minimum absolute atomic E-state index is 0.107. The fraction of sp³-hybridized carbons (Fsp3) is 0.238. The van der Waals surface area contributed by atoms with Crippen molar-refractivity contribution in [1.82, 2.24) is 13.9 Å². The lowest BCUT2D eigenvalue weighted by atomic mass is 10.1. The van der Waals surface area contributed by atoms with E-state index in [1.807, 2.05) is 36.0 Å². The highest BCUT2D eigenvalue weighted by atomic mass is 32.2. The summed E-state index contributed by atoms with van der Waals surface area (Å²) in [4.78, 5) is 17.1. The predicted molar refractivity (Wildman–Crippen MR) is 113 cm³/mol. The van der Waals surface area contributed by atoms with E-state index in [2.05, 4.69) is 10.3 Å². The van der Waals surface area contributed by atoms with Gasteiger partial charge in [-0.15, -0.1) is 0 Å². The molecule has 0 aliphatic rings. The van der Waals surface area contributed by atoms with Crippen LogP contribution in [0.4, 0.5) is 5.69 Å². The number of aryl methyl sites for hydroxylation is 1. The molecule has 0 saturated carbocycles. The molecule has 29 heavy (non-hydrogen) atoms. The zero-order chi connectivity index (χ0) is 21.0. The fourth-order valence-corrected chi connectivity index (χ4v) is 4.60. The van der Waals surface area contributed by atoms with Crippen molar-refractivity contribution in [2.24, 2.45) is 7.05 Å². The van der Waals surface area contributed by atoms with Gasteiger partial charge in [0.2, 0.25) is 10.0 Å². The SMILES string of the molecule is CCN(CC)S(=O)(=O)c1cccc(C(=O)Nc2cccc(-c3nccn3C)c2)c1. The van der Waals surface area contributed by atoms with E-state index in [4.69, 9.17) is 0 Å². The molecule has 8 heteroatoms. The number of imidazole rings is 1. The second kappa shape index (κ2) is 8.59. The number of amides is 1. The number of aromatic nitrogens is 2. The van der Waals surface area contributed by atoms with Gasteiger partial charge in [0.05, 0.1) is 4.90 Å². The Bertz CT molecular complexity index is 1120. The molecule has 0 saturated heterocycles. The first-order valence-electron chi connectivity index (χ1n) is 9.36. The summed E-state index contributed by atoms with van der Waals surface area (Å²) in [6, 6.07) is 13.4. The van der Waals surface area contributed by atoms with Crippen LogP contribution in [0.1, 0.15) is 24.2 Å². The van der Waals surface area contributed by atoms with Crippen LogP contribution in [0.15, 0.2) is 65.8 Å². The maximum absolute atomic E-state index is 12.7. The van der Waals surface area contributed by atoms with Crippen molar-refractivity contribution < 1.29 is 13.2 Å². The van der Waals surface area contributed by atoms with Crippen LogP contribution in [0.2, 0.25) is 0 Å². The minimum atomic E-state index is -3.63. The number of nitrogens with zero attached hydrogens (tertiary/aromatic N) is 3. The first-order valence-corrected chi connectivity index (χ1v) is 10.8. The Morgan fingerprint density at radius 3 is 2.48 bits per heavy atom. The Labute approximate surface area is 171 Å². The van der Waals surface area contributed by atoms with Crippen molar-refractivity contribution in [1.29, 1.82) is 0 Å². The Morgan fingerprint density at radius 2 is 1.83 bits per heavy atom. The number of anilines is 1. The Morgan fingerprint density at radius 1 is 1.10 bits per heavy atom. The average Bonchev–Trinajstić information content (AvgIpc) is 3.15. The van der Waals surface area contributed by atoms with Crippen LogP contribution < -0.4 is 5.32 Å². The molecule has 3 aromatic rings. The van der Waals surface area contributed by atoms with Gasteiger partial charge in [-0.05, 0) is 30.3 Å². The number of carbonyl (C=O) groups excluding carboxylic acids is 1. The van der Waals surface area contributed by atoms with E-state index in [1.54, 1.807) is 38.2 Å². The molecule has 0 radical (unpaired) electrons. The van der Waals surface area contributed by atoms with E-state index in [0.717, 1.165) is 11.4 Å². The van der Waals surface area contributed by atoms with E-state index in [1.165, 1.54) is 16.4 Å². The molecule has 1 aromatic heterocycles. The maximum Gasteiger partial charge on any atom is 0.255 e. The lowest BCUT2D eigenvalue weighted by Crippen LogP contribution is -2.30. The number of hydrogen-bond donors (Lipinski definition) is 1. The lowest BCUT2D eigenvalue weighted by molar-refractivity contribution is 0.102. The maximum atomic E-state index is 12.7. The molecular formula is C21H24N4O3S. The summed E-state index contributed by atoms with van der Waals surface area (Å²) in [6.45, 7) is 4.31. The molecule has 152 valence electrons. The number of rotatable bonds is 7. The zero-order valence-corrected chi connectivity index (χ0v) is 17.5. The van der Waals surface area contributed by atoms with Gasteiger partial charge in [0.1, 0.15) is 5.82 Å². The third kappa shape index (κ3) is 4.38. The molecule has 0 spiro atoms. The number of sulfonamides is 1. The second-order valence-corrected chi connectivity index (χ2v) is 8.45. The Balaban J connectivity index is 1.85. The van der Waals surface area contributed by atoms with Crippen molar-refractivity contribution in [2.45, 2.75) is 18.7 Å². The van der Waals surface area contributed by atoms with Crippen molar-refractivity contribution in [2.75, 3.05) is 18.4 Å². The third-order valence-electron chi connectivity index (χ3n) is 4.64. The largest absolute Gasteiger partial charge is 0.334 e. The highest BCUT2D eigenvalue weighted by molar-refractivity contribution is 7.89. The summed E-state index contributed by atoms with van der Waals surface area (Å²) in [7, 11) is -1.73. The lowest BCUT2D eigenvalue weighted by Gasteiger charge is -2.18. The van der Waals surface area contributed by atoms with Crippen LogP contribution in [-0.4, -0.2) is 41.3 Å². The molecular weight excluding hydrogens is 388 g/mol. The smallest absolute Gasteiger partial charge is 0.255 e. The van der Waals surface area contributed by atoms with Crippen molar-refractivity contribution in [3.8, 4) is 11.4 Å². The van der Waals surface area contributed by atoms with Gasteiger partial charge in [-0.25, -0.2) is 13.4 Å².